The Labute approximate surface area is 125 Å². The molecule has 1 aliphatic heterocycles. The van der Waals surface area contributed by atoms with E-state index in [1.165, 1.54) is 18.5 Å². The smallest absolute Gasteiger partial charge is 0.0727 e. The predicted molar refractivity (Wildman–Crippen MR) is 87.6 cm³/mol. The molecule has 0 amide bonds. The van der Waals surface area contributed by atoms with Crippen molar-refractivity contribution in [3.05, 3.63) is 30.0 Å². The Morgan fingerprint density at radius 2 is 2.19 bits per heavy atom. The molecule has 0 spiro atoms. The molecule has 1 aromatic heterocycles. The number of nitrogen functional groups attached to an aromatic ring is 1. The van der Waals surface area contributed by atoms with E-state index in [4.69, 9.17) is 5.73 Å². The highest BCUT2D eigenvalue weighted by Gasteiger charge is 2.24. The zero-order valence-corrected chi connectivity index (χ0v) is 12.5. The average molecular weight is 285 g/mol. The van der Waals surface area contributed by atoms with Crippen molar-refractivity contribution in [2.24, 2.45) is 0 Å². The third kappa shape index (κ3) is 2.81. The van der Waals surface area contributed by atoms with Gasteiger partial charge in [0.15, 0.2) is 0 Å². The van der Waals surface area contributed by atoms with Gasteiger partial charge in [0.2, 0.25) is 0 Å². The molecular weight excluding hydrogens is 262 g/mol. The van der Waals surface area contributed by atoms with E-state index in [0.29, 0.717) is 6.04 Å². The number of benzene rings is 1. The van der Waals surface area contributed by atoms with Gasteiger partial charge in [-0.2, -0.15) is 0 Å². The van der Waals surface area contributed by atoms with Crippen LogP contribution in [0.25, 0.3) is 10.9 Å². The van der Waals surface area contributed by atoms with Gasteiger partial charge in [0.1, 0.15) is 0 Å². The van der Waals surface area contributed by atoms with Gasteiger partial charge in [-0.25, -0.2) is 0 Å². The summed E-state index contributed by atoms with van der Waals surface area (Å²) in [6.45, 7) is 3.31. The normalized spacial score (nSPS) is 19.1. The molecule has 3 rings (SSSR count). The summed E-state index contributed by atoms with van der Waals surface area (Å²) in [5.41, 5.74) is 9.96. The lowest BCUT2D eigenvalue weighted by Crippen LogP contribution is -2.40. The molecule has 21 heavy (non-hydrogen) atoms. The SMILES string of the molecule is Cc1cc(N2CCCCC2CCO)c2cc(N)ccc2n1. The summed E-state index contributed by atoms with van der Waals surface area (Å²) in [5, 5.41) is 10.5. The summed E-state index contributed by atoms with van der Waals surface area (Å²) in [6, 6.07) is 8.47. The summed E-state index contributed by atoms with van der Waals surface area (Å²) >= 11 is 0. The maximum absolute atomic E-state index is 9.34. The van der Waals surface area contributed by atoms with Crippen LogP contribution in [0.15, 0.2) is 24.3 Å². The Bertz CT molecular complexity index is 639. The molecule has 1 aliphatic rings. The minimum Gasteiger partial charge on any atom is -0.399 e. The molecule has 2 heterocycles. The van der Waals surface area contributed by atoms with E-state index in [2.05, 4.69) is 16.0 Å². The Hall–Kier alpha value is -1.81. The van der Waals surface area contributed by atoms with Gasteiger partial charge in [0.05, 0.1) is 5.52 Å². The summed E-state index contributed by atoms with van der Waals surface area (Å²) in [4.78, 5) is 7.05. The van der Waals surface area contributed by atoms with Crippen LogP contribution in [0.2, 0.25) is 0 Å². The first-order valence-corrected chi connectivity index (χ1v) is 7.73. The second kappa shape index (κ2) is 5.90. The number of aromatic nitrogens is 1. The first-order valence-electron chi connectivity index (χ1n) is 7.73. The minimum absolute atomic E-state index is 0.241. The van der Waals surface area contributed by atoms with Gasteiger partial charge in [0.25, 0.3) is 0 Å². The van der Waals surface area contributed by atoms with Crippen LogP contribution < -0.4 is 10.6 Å². The van der Waals surface area contributed by atoms with Crippen molar-refractivity contribution >= 4 is 22.3 Å². The third-order valence-corrected chi connectivity index (χ3v) is 4.34. The molecule has 0 aliphatic carbocycles. The standard InChI is InChI=1S/C17H23N3O/c1-12-10-17(15-11-13(18)5-6-16(15)19-12)20-8-3-2-4-14(20)7-9-21/h5-6,10-11,14,21H,2-4,7-9,18H2,1H3. The van der Waals surface area contributed by atoms with E-state index >= 15 is 0 Å². The maximum Gasteiger partial charge on any atom is 0.0727 e. The van der Waals surface area contributed by atoms with Crippen LogP contribution in [0, 0.1) is 6.92 Å². The van der Waals surface area contributed by atoms with E-state index in [-0.39, 0.29) is 6.61 Å². The number of aliphatic hydroxyl groups excluding tert-OH is 1. The fraction of sp³-hybridized carbons (Fsp3) is 0.471. The highest BCUT2D eigenvalue weighted by atomic mass is 16.3. The first kappa shape index (κ1) is 14.1. The number of aliphatic hydroxyl groups is 1. The lowest BCUT2D eigenvalue weighted by molar-refractivity contribution is 0.262. The summed E-state index contributed by atoms with van der Waals surface area (Å²) in [7, 11) is 0. The summed E-state index contributed by atoms with van der Waals surface area (Å²) in [5.74, 6) is 0. The molecule has 0 radical (unpaired) electrons. The van der Waals surface area contributed by atoms with Crippen molar-refractivity contribution in [1.29, 1.82) is 0 Å². The number of hydrogen-bond donors (Lipinski definition) is 2. The van der Waals surface area contributed by atoms with E-state index in [0.717, 1.165) is 41.7 Å². The largest absolute Gasteiger partial charge is 0.399 e. The molecule has 0 bridgehead atoms. The number of nitrogens with zero attached hydrogens (tertiary/aromatic N) is 2. The van der Waals surface area contributed by atoms with Crippen molar-refractivity contribution in [1.82, 2.24) is 4.98 Å². The minimum atomic E-state index is 0.241. The van der Waals surface area contributed by atoms with Gasteiger partial charge in [-0.3, -0.25) is 4.98 Å². The predicted octanol–water partition coefficient (Wildman–Crippen LogP) is 2.87. The Balaban J connectivity index is 2.10. The Kier molecular flexibility index (Phi) is 3.97. The van der Waals surface area contributed by atoms with Gasteiger partial charge in [-0.1, -0.05) is 0 Å². The Morgan fingerprint density at radius 1 is 1.33 bits per heavy atom. The molecule has 1 aromatic carbocycles. The molecule has 4 nitrogen and oxygen atoms in total. The van der Waals surface area contributed by atoms with Crippen LogP contribution in [0.5, 0.6) is 0 Å². The van der Waals surface area contributed by atoms with E-state index in [1.54, 1.807) is 0 Å². The van der Waals surface area contributed by atoms with Crippen LogP contribution in [-0.2, 0) is 0 Å². The second-order valence-electron chi connectivity index (χ2n) is 5.91. The number of nitrogens with two attached hydrogens (primary N) is 1. The summed E-state index contributed by atoms with van der Waals surface area (Å²) in [6.07, 6.45) is 4.41. The molecule has 1 fully saturated rings. The van der Waals surface area contributed by atoms with Gasteiger partial charge in [-0.15, -0.1) is 0 Å². The van der Waals surface area contributed by atoms with Crippen molar-refractivity contribution in [2.75, 3.05) is 23.8 Å². The molecule has 112 valence electrons. The zero-order chi connectivity index (χ0) is 14.8. The quantitative estimate of drug-likeness (QED) is 0.851. The van der Waals surface area contributed by atoms with Gasteiger partial charge in [0, 0.05) is 41.6 Å². The van der Waals surface area contributed by atoms with Crippen LogP contribution in [0.4, 0.5) is 11.4 Å². The van der Waals surface area contributed by atoms with Crippen molar-refractivity contribution < 1.29 is 5.11 Å². The van der Waals surface area contributed by atoms with Crippen molar-refractivity contribution in [3.63, 3.8) is 0 Å². The van der Waals surface area contributed by atoms with Crippen molar-refractivity contribution in [2.45, 2.75) is 38.6 Å². The number of piperidine rings is 1. The number of fused-ring (bicyclic) bond motifs is 1. The average Bonchev–Trinajstić information content (AvgIpc) is 2.48. The lowest BCUT2D eigenvalue weighted by atomic mass is 9.97. The zero-order valence-electron chi connectivity index (χ0n) is 12.5. The van der Waals surface area contributed by atoms with Crippen LogP contribution in [-0.4, -0.2) is 29.3 Å². The second-order valence-corrected chi connectivity index (χ2v) is 5.91. The van der Waals surface area contributed by atoms with E-state index < -0.39 is 0 Å². The molecular formula is C17H23N3O. The van der Waals surface area contributed by atoms with Gasteiger partial charge < -0.3 is 15.7 Å². The van der Waals surface area contributed by atoms with Crippen LogP contribution in [0.1, 0.15) is 31.4 Å². The number of pyridine rings is 1. The monoisotopic (exact) mass is 285 g/mol. The highest BCUT2D eigenvalue weighted by molar-refractivity contribution is 5.94. The molecule has 1 unspecified atom stereocenters. The molecule has 1 atom stereocenters. The number of anilines is 2. The van der Waals surface area contributed by atoms with Crippen LogP contribution in [0.3, 0.4) is 0 Å². The first-order chi connectivity index (χ1) is 10.2. The van der Waals surface area contributed by atoms with Crippen LogP contribution >= 0.6 is 0 Å². The van der Waals surface area contributed by atoms with Gasteiger partial charge in [-0.05, 0) is 56.9 Å². The molecule has 1 saturated heterocycles. The molecule has 0 saturated carbocycles. The van der Waals surface area contributed by atoms with E-state index in [1.807, 2.05) is 25.1 Å². The number of aryl methyl sites for hydroxylation is 1. The number of hydrogen-bond acceptors (Lipinski definition) is 4. The maximum atomic E-state index is 9.34. The molecule has 3 N–H and O–H groups in total. The van der Waals surface area contributed by atoms with E-state index in [9.17, 15) is 5.11 Å². The fourth-order valence-electron chi connectivity index (χ4n) is 3.36. The molecule has 2 aromatic rings. The van der Waals surface area contributed by atoms with Gasteiger partial charge >= 0.3 is 0 Å². The number of rotatable bonds is 3. The topological polar surface area (TPSA) is 62.4 Å². The third-order valence-electron chi connectivity index (χ3n) is 4.34. The highest BCUT2D eigenvalue weighted by Crippen LogP contribution is 2.33. The lowest BCUT2D eigenvalue weighted by Gasteiger charge is -2.38. The fourth-order valence-corrected chi connectivity index (χ4v) is 3.36. The summed E-state index contributed by atoms with van der Waals surface area (Å²) < 4.78 is 0. The van der Waals surface area contributed by atoms with Crippen molar-refractivity contribution in [3.8, 4) is 0 Å². The Morgan fingerprint density at radius 3 is 3.00 bits per heavy atom. The molecule has 4 heteroatoms.